The van der Waals surface area contributed by atoms with E-state index in [-0.39, 0.29) is 11.7 Å². The molecule has 1 aliphatic heterocycles. The number of nitrogens with one attached hydrogen (secondary N) is 1. The lowest BCUT2D eigenvalue weighted by Crippen LogP contribution is -2.35. The number of carbonyl (C=O) groups excluding carboxylic acids is 2. The van der Waals surface area contributed by atoms with Gasteiger partial charge in [-0.25, -0.2) is 14.8 Å². The summed E-state index contributed by atoms with van der Waals surface area (Å²) in [6.45, 7) is 6.23. The maximum atomic E-state index is 13.4. The molecule has 10 nitrogen and oxygen atoms in total. The average Bonchev–Trinajstić information content (AvgIpc) is 3.49. The van der Waals surface area contributed by atoms with Crippen LogP contribution >= 0.6 is 0 Å². The molecule has 2 aromatic heterocycles. The first-order valence-electron chi connectivity index (χ1n) is 11.3. The van der Waals surface area contributed by atoms with Crippen molar-refractivity contribution >= 4 is 23.0 Å². The second kappa shape index (κ2) is 9.44. The number of methoxy groups -OCH3 is 3. The fourth-order valence-electron chi connectivity index (χ4n) is 4.13. The third-order valence-electron chi connectivity index (χ3n) is 5.82. The molecular weight excluding hydrogens is 452 g/mol. The molecule has 1 saturated heterocycles. The van der Waals surface area contributed by atoms with Gasteiger partial charge in [0, 0.05) is 30.8 Å². The van der Waals surface area contributed by atoms with Gasteiger partial charge in [-0.15, -0.1) is 0 Å². The SMILES string of the molecule is COc1cc(-c2cnc3[nH]cc(C(=O)C4CCN(C(=O)OC(C)(C)C)C4)c3n2)cc(OC)c1OC. The summed E-state index contributed by atoms with van der Waals surface area (Å²) < 4.78 is 21.7. The Morgan fingerprint density at radius 2 is 1.77 bits per heavy atom. The molecule has 35 heavy (non-hydrogen) atoms. The smallest absolute Gasteiger partial charge is 0.410 e. The molecule has 0 bridgehead atoms. The lowest BCUT2D eigenvalue weighted by molar-refractivity contribution is 0.0289. The van der Waals surface area contributed by atoms with Crippen LogP contribution in [0.25, 0.3) is 22.4 Å². The van der Waals surface area contributed by atoms with Crippen molar-refractivity contribution in [3.8, 4) is 28.5 Å². The largest absolute Gasteiger partial charge is 0.493 e. The number of aromatic nitrogens is 3. The van der Waals surface area contributed by atoms with Crippen LogP contribution in [0.4, 0.5) is 4.79 Å². The molecule has 1 aliphatic rings. The molecule has 0 spiro atoms. The molecule has 0 radical (unpaired) electrons. The van der Waals surface area contributed by atoms with Gasteiger partial charge in [-0.1, -0.05) is 0 Å². The van der Waals surface area contributed by atoms with Crippen LogP contribution in [0.3, 0.4) is 0 Å². The molecule has 0 aliphatic carbocycles. The molecule has 4 rings (SSSR count). The number of nitrogens with zero attached hydrogens (tertiary/aromatic N) is 3. The predicted octanol–water partition coefficient (Wildman–Crippen LogP) is 4.09. The lowest BCUT2D eigenvalue weighted by Gasteiger charge is -2.24. The zero-order valence-electron chi connectivity index (χ0n) is 20.8. The summed E-state index contributed by atoms with van der Waals surface area (Å²) in [5.74, 6) is 1.03. The van der Waals surface area contributed by atoms with Gasteiger partial charge < -0.3 is 28.8 Å². The Bertz CT molecular complexity index is 1240. The molecular formula is C25H30N4O6. The van der Waals surface area contributed by atoms with E-state index in [1.165, 1.54) is 7.11 Å². The lowest BCUT2D eigenvalue weighted by atomic mass is 9.98. The average molecular weight is 483 g/mol. The summed E-state index contributed by atoms with van der Waals surface area (Å²) in [4.78, 5) is 39.6. The molecule has 1 N–H and O–H groups in total. The number of ether oxygens (including phenoxy) is 4. The minimum atomic E-state index is -0.588. The maximum Gasteiger partial charge on any atom is 0.410 e. The Kier molecular flexibility index (Phi) is 6.56. The number of Topliss-reactive ketones (excluding diaryl/α,β-unsaturated/α-hetero) is 1. The number of H-pyrrole nitrogens is 1. The highest BCUT2D eigenvalue weighted by molar-refractivity contribution is 6.07. The van der Waals surface area contributed by atoms with Crippen LogP contribution in [0, 0.1) is 5.92 Å². The van der Waals surface area contributed by atoms with Gasteiger partial charge in [0.1, 0.15) is 11.1 Å². The van der Waals surface area contributed by atoms with Crippen molar-refractivity contribution in [1.82, 2.24) is 19.9 Å². The van der Waals surface area contributed by atoms with Gasteiger partial charge in [0.2, 0.25) is 5.75 Å². The summed E-state index contributed by atoms with van der Waals surface area (Å²) >= 11 is 0. The third kappa shape index (κ3) is 4.87. The number of amides is 1. The maximum absolute atomic E-state index is 13.4. The van der Waals surface area contributed by atoms with Crippen molar-refractivity contribution in [3.05, 3.63) is 30.1 Å². The number of benzene rings is 1. The third-order valence-corrected chi connectivity index (χ3v) is 5.82. The fraction of sp³-hybridized carbons (Fsp3) is 0.440. The number of likely N-dealkylation sites (tertiary alicyclic amines) is 1. The van der Waals surface area contributed by atoms with Crippen molar-refractivity contribution in [2.45, 2.75) is 32.8 Å². The molecule has 0 saturated carbocycles. The Hall–Kier alpha value is -3.82. The quantitative estimate of drug-likeness (QED) is 0.522. The molecule has 10 heteroatoms. The van der Waals surface area contributed by atoms with Crippen LogP contribution in [-0.2, 0) is 4.74 Å². The monoisotopic (exact) mass is 482 g/mol. The van der Waals surface area contributed by atoms with E-state index in [9.17, 15) is 9.59 Å². The number of carbonyl (C=O) groups is 2. The first kappa shape index (κ1) is 24.3. The van der Waals surface area contributed by atoms with Crippen molar-refractivity contribution < 1.29 is 28.5 Å². The van der Waals surface area contributed by atoms with E-state index >= 15 is 0 Å². The Morgan fingerprint density at radius 1 is 1.09 bits per heavy atom. The number of fused-ring (bicyclic) bond motifs is 1. The molecule has 1 atom stereocenters. The predicted molar refractivity (Wildman–Crippen MR) is 129 cm³/mol. The highest BCUT2D eigenvalue weighted by atomic mass is 16.6. The Morgan fingerprint density at radius 3 is 2.37 bits per heavy atom. The minimum Gasteiger partial charge on any atom is -0.493 e. The number of aromatic amines is 1. The standard InChI is InChI=1S/C25H30N4O6/c1-25(2,3)35-24(31)29-8-7-14(13-29)21(30)16-11-26-23-20(16)28-17(12-27-23)15-9-18(32-4)22(34-6)19(10-15)33-5/h9-12,14H,7-8,13H2,1-6H3,(H,26,27). The number of rotatable bonds is 6. The number of hydrogen-bond acceptors (Lipinski definition) is 8. The van der Waals surface area contributed by atoms with E-state index in [4.69, 9.17) is 23.9 Å². The van der Waals surface area contributed by atoms with Crippen LogP contribution in [0.5, 0.6) is 17.2 Å². The van der Waals surface area contributed by atoms with E-state index in [0.29, 0.717) is 64.7 Å². The Labute approximate surface area is 203 Å². The zero-order valence-corrected chi connectivity index (χ0v) is 20.8. The van der Waals surface area contributed by atoms with E-state index in [1.807, 2.05) is 20.8 Å². The summed E-state index contributed by atoms with van der Waals surface area (Å²) in [5.41, 5.74) is 2.08. The van der Waals surface area contributed by atoms with Crippen LogP contribution in [0.2, 0.25) is 0 Å². The molecule has 1 amide bonds. The van der Waals surface area contributed by atoms with Gasteiger partial charge in [0.25, 0.3) is 0 Å². The van der Waals surface area contributed by atoms with Gasteiger partial charge in [-0.05, 0) is 39.3 Å². The fourth-order valence-corrected chi connectivity index (χ4v) is 4.13. The minimum absolute atomic E-state index is 0.0846. The van der Waals surface area contributed by atoms with E-state index < -0.39 is 11.7 Å². The molecule has 1 fully saturated rings. The van der Waals surface area contributed by atoms with Crippen molar-refractivity contribution in [2.75, 3.05) is 34.4 Å². The molecule has 1 unspecified atom stereocenters. The van der Waals surface area contributed by atoms with E-state index in [2.05, 4.69) is 9.97 Å². The number of hydrogen-bond donors (Lipinski definition) is 1. The number of ketones is 1. The highest BCUT2D eigenvalue weighted by Crippen LogP contribution is 2.41. The summed E-state index contributed by atoms with van der Waals surface area (Å²) in [7, 11) is 4.62. The van der Waals surface area contributed by atoms with Gasteiger partial charge in [0.15, 0.2) is 22.9 Å². The molecule has 3 heterocycles. The first-order chi connectivity index (χ1) is 16.6. The normalized spacial score (nSPS) is 15.8. The summed E-state index contributed by atoms with van der Waals surface area (Å²) in [6.07, 6.45) is 3.40. The van der Waals surface area contributed by atoms with E-state index in [1.54, 1.807) is 43.6 Å². The molecule has 186 valence electrons. The van der Waals surface area contributed by atoms with Crippen molar-refractivity contribution in [3.63, 3.8) is 0 Å². The zero-order chi connectivity index (χ0) is 25.3. The Balaban J connectivity index is 1.62. The summed E-state index contributed by atoms with van der Waals surface area (Å²) in [6, 6.07) is 3.56. The van der Waals surface area contributed by atoms with Crippen LogP contribution in [0.15, 0.2) is 24.5 Å². The van der Waals surface area contributed by atoms with Crippen LogP contribution in [0.1, 0.15) is 37.6 Å². The van der Waals surface area contributed by atoms with E-state index in [0.717, 1.165) is 0 Å². The highest BCUT2D eigenvalue weighted by Gasteiger charge is 2.35. The van der Waals surface area contributed by atoms with Crippen molar-refractivity contribution in [2.24, 2.45) is 5.92 Å². The molecule has 3 aromatic rings. The van der Waals surface area contributed by atoms with Crippen LogP contribution < -0.4 is 14.2 Å². The molecule has 1 aromatic carbocycles. The van der Waals surface area contributed by atoms with Gasteiger partial charge in [-0.2, -0.15) is 0 Å². The first-order valence-corrected chi connectivity index (χ1v) is 11.3. The second-order valence-corrected chi connectivity index (χ2v) is 9.35. The van der Waals surface area contributed by atoms with Gasteiger partial charge in [0.05, 0.1) is 38.8 Å². The van der Waals surface area contributed by atoms with Gasteiger partial charge >= 0.3 is 6.09 Å². The summed E-state index contributed by atoms with van der Waals surface area (Å²) in [5, 5.41) is 0. The topological polar surface area (TPSA) is 116 Å². The van der Waals surface area contributed by atoms with Gasteiger partial charge in [-0.3, -0.25) is 4.79 Å². The second-order valence-electron chi connectivity index (χ2n) is 9.35. The van der Waals surface area contributed by atoms with Crippen LogP contribution in [-0.4, -0.2) is 71.7 Å². The van der Waals surface area contributed by atoms with Crippen molar-refractivity contribution in [1.29, 1.82) is 0 Å².